The smallest absolute Gasteiger partial charge is 0.318 e. The number of carbonyl (C=O) groups excluding carboxylic acids is 2. The highest BCUT2D eigenvalue weighted by Gasteiger charge is 2.37. The number of amides is 3. The van der Waals surface area contributed by atoms with E-state index in [1.165, 1.54) is 19.3 Å². The van der Waals surface area contributed by atoms with E-state index in [0.717, 1.165) is 58.2 Å². The van der Waals surface area contributed by atoms with Crippen LogP contribution in [0.15, 0.2) is 0 Å². The lowest BCUT2D eigenvalue weighted by Gasteiger charge is -2.35. The van der Waals surface area contributed by atoms with Gasteiger partial charge in [-0.2, -0.15) is 0 Å². The van der Waals surface area contributed by atoms with Crippen LogP contribution < -0.4 is 5.32 Å². The molecule has 0 aromatic heterocycles. The van der Waals surface area contributed by atoms with Crippen molar-refractivity contribution in [1.29, 1.82) is 0 Å². The normalized spacial score (nSPS) is 27.3. The van der Waals surface area contributed by atoms with Crippen LogP contribution in [0.2, 0.25) is 0 Å². The quantitative estimate of drug-likeness (QED) is 0.850. The predicted molar refractivity (Wildman–Crippen MR) is 90.1 cm³/mol. The monoisotopic (exact) mass is 321 g/mol. The van der Waals surface area contributed by atoms with Gasteiger partial charge in [0.15, 0.2) is 0 Å². The van der Waals surface area contributed by atoms with Crippen LogP contribution in [0.4, 0.5) is 4.79 Å². The molecule has 3 aliphatic rings. The first-order chi connectivity index (χ1) is 11.1. The molecular weight excluding hydrogens is 290 g/mol. The molecule has 0 unspecified atom stereocenters. The Morgan fingerprint density at radius 3 is 2.26 bits per heavy atom. The number of hydrogen-bond acceptors (Lipinski definition) is 2. The van der Waals surface area contributed by atoms with Crippen molar-refractivity contribution in [2.75, 3.05) is 19.6 Å². The van der Waals surface area contributed by atoms with E-state index >= 15 is 0 Å². The molecular formula is C18H31N3O2. The topological polar surface area (TPSA) is 52.7 Å². The van der Waals surface area contributed by atoms with Crippen LogP contribution in [0.3, 0.4) is 0 Å². The average Bonchev–Trinajstić information content (AvgIpc) is 3.05. The number of nitrogens with one attached hydrogen (secondary N) is 1. The zero-order chi connectivity index (χ0) is 16.2. The van der Waals surface area contributed by atoms with Crippen molar-refractivity contribution >= 4 is 11.9 Å². The summed E-state index contributed by atoms with van der Waals surface area (Å²) in [5.74, 6) is 0.890. The number of rotatable bonds is 2. The lowest BCUT2D eigenvalue weighted by molar-refractivity contribution is -0.136. The first-order valence-corrected chi connectivity index (χ1v) is 9.51. The Morgan fingerprint density at radius 1 is 0.870 bits per heavy atom. The van der Waals surface area contributed by atoms with Crippen LogP contribution in [0.5, 0.6) is 0 Å². The van der Waals surface area contributed by atoms with Gasteiger partial charge in [-0.3, -0.25) is 4.79 Å². The fourth-order valence-corrected chi connectivity index (χ4v) is 4.21. The van der Waals surface area contributed by atoms with E-state index in [2.05, 4.69) is 12.2 Å². The summed E-state index contributed by atoms with van der Waals surface area (Å²) in [5, 5.41) is 3.17. The number of hydrogen-bond donors (Lipinski definition) is 1. The van der Waals surface area contributed by atoms with Gasteiger partial charge in [0, 0.05) is 25.7 Å². The van der Waals surface area contributed by atoms with Crippen LogP contribution in [-0.4, -0.2) is 53.5 Å². The Bertz CT molecular complexity index is 426. The van der Waals surface area contributed by atoms with Gasteiger partial charge in [-0.15, -0.1) is 0 Å². The second kappa shape index (κ2) is 7.54. The molecule has 23 heavy (non-hydrogen) atoms. The third-order valence-corrected chi connectivity index (χ3v) is 5.83. The van der Waals surface area contributed by atoms with Gasteiger partial charge in [0.05, 0.1) is 0 Å². The Balaban J connectivity index is 1.56. The van der Waals surface area contributed by atoms with Gasteiger partial charge < -0.3 is 15.1 Å². The van der Waals surface area contributed by atoms with E-state index < -0.39 is 0 Å². The van der Waals surface area contributed by atoms with E-state index in [9.17, 15) is 9.59 Å². The molecule has 0 radical (unpaired) electrons. The molecule has 5 nitrogen and oxygen atoms in total. The molecule has 1 N–H and O–H groups in total. The van der Waals surface area contributed by atoms with Gasteiger partial charge in [-0.05, 0) is 44.4 Å². The molecule has 130 valence electrons. The molecule has 1 aliphatic carbocycles. The minimum absolute atomic E-state index is 0.0156. The molecule has 5 heteroatoms. The Morgan fingerprint density at radius 2 is 1.57 bits per heavy atom. The highest BCUT2D eigenvalue weighted by molar-refractivity contribution is 5.87. The standard InChI is InChI=1S/C18H31N3O2/c1-14-9-12-20(13-10-14)17(22)16-8-5-11-21(16)18(23)19-15-6-3-2-4-7-15/h14-16H,2-13H2,1H3,(H,19,23)/t16-/m0/s1. The molecule has 2 heterocycles. The summed E-state index contributed by atoms with van der Waals surface area (Å²) in [7, 11) is 0. The number of likely N-dealkylation sites (tertiary alicyclic amines) is 2. The summed E-state index contributed by atoms with van der Waals surface area (Å²) < 4.78 is 0. The Labute approximate surface area is 139 Å². The van der Waals surface area contributed by atoms with Gasteiger partial charge in [0.2, 0.25) is 5.91 Å². The Hall–Kier alpha value is -1.26. The fourth-order valence-electron chi connectivity index (χ4n) is 4.21. The third-order valence-electron chi connectivity index (χ3n) is 5.83. The molecule has 2 aliphatic heterocycles. The van der Waals surface area contributed by atoms with E-state index in [0.29, 0.717) is 12.0 Å². The predicted octanol–water partition coefficient (Wildman–Crippen LogP) is 2.75. The minimum Gasteiger partial charge on any atom is -0.341 e. The first kappa shape index (κ1) is 16.6. The van der Waals surface area contributed by atoms with Crippen molar-refractivity contribution in [1.82, 2.24) is 15.1 Å². The van der Waals surface area contributed by atoms with Crippen LogP contribution in [0.25, 0.3) is 0 Å². The number of carbonyl (C=O) groups is 2. The highest BCUT2D eigenvalue weighted by atomic mass is 16.2. The molecule has 0 bridgehead atoms. The van der Waals surface area contributed by atoms with Crippen molar-refractivity contribution in [2.45, 2.75) is 76.8 Å². The maximum Gasteiger partial charge on any atom is 0.318 e. The van der Waals surface area contributed by atoms with Crippen LogP contribution in [0, 0.1) is 5.92 Å². The molecule has 3 rings (SSSR count). The van der Waals surface area contributed by atoms with Gasteiger partial charge in [0.1, 0.15) is 6.04 Å². The maximum absolute atomic E-state index is 12.8. The van der Waals surface area contributed by atoms with Gasteiger partial charge in [-0.25, -0.2) is 4.79 Å². The van der Waals surface area contributed by atoms with Crippen LogP contribution in [-0.2, 0) is 4.79 Å². The van der Waals surface area contributed by atoms with Crippen LogP contribution in [0.1, 0.15) is 64.7 Å². The van der Waals surface area contributed by atoms with Crippen molar-refractivity contribution in [3.05, 3.63) is 0 Å². The molecule has 0 aromatic rings. The third kappa shape index (κ3) is 3.99. The fraction of sp³-hybridized carbons (Fsp3) is 0.889. The number of nitrogens with zero attached hydrogens (tertiary/aromatic N) is 2. The summed E-state index contributed by atoms with van der Waals surface area (Å²) in [4.78, 5) is 29.2. The van der Waals surface area contributed by atoms with Crippen molar-refractivity contribution in [3.63, 3.8) is 0 Å². The van der Waals surface area contributed by atoms with Crippen LogP contribution >= 0.6 is 0 Å². The average molecular weight is 321 g/mol. The SMILES string of the molecule is CC1CCN(C(=O)[C@@H]2CCCN2C(=O)NC2CCCCC2)CC1. The zero-order valence-corrected chi connectivity index (χ0v) is 14.4. The lowest BCUT2D eigenvalue weighted by atomic mass is 9.96. The van der Waals surface area contributed by atoms with Gasteiger partial charge in [-0.1, -0.05) is 26.2 Å². The van der Waals surface area contributed by atoms with E-state index in [1.54, 1.807) is 4.90 Å². The second-order valence-electron chi connectivity index (χ2n) is 7.64. The molecule has 0 aromatic carbocycles. The highest BCUT2D eigenvalue weighted by Crippen LogP contribution is 2.24. The summed E-state index contributed by atoms with van der Waals surface area (Å²) in [6.45, 7) is 4.68. The number of urea groups is 1. The largest absolute Gasteiger partial charge is 0.341 e. The minimum atomic E-state index is -0.230. The summed E-state index contributed by atoms with van der Waals surface area (Å²) in [5.41, 5.74) is 0. The molecule has 1 atom stereocenters. The van der Waals surface area contributed by atoms with Gasteiger partial charge >= 0.3 is 6.03 Å². The molecule has 2 saturated heterocycles. The Kier molecular flexibility index (Phi) is 5.44. The molecule has 3 amide bonds. The zero-order valence-electron chi connectivity index (χ0n) is 14.4. The van der Waals surface area contributed by atoms with Crippen molar-refractivity contribution in [2.24, 2.45) is 5.92 Å². The summed E-state index contributed by atoms with van der Waals surface area (Å²) >= 11 is 0. The summed E-state index contributed by atoms with van der Waals surface area (Å²) in [6, 6.07) is 0.0635. The van der Waals surface area contributed by atoms with E-state index in [4.69, 9.17) is 0 Å². The summed E-state index contributed by atoms with van der Waals surface area (Å²) in [6.07, 6.45) is 9.81. The van der Waals surface area contributed by atoms with E-state index in [-0.39, 0.29) is 18.0 Å². The lowest BCUT2D eigenvalue weighted by Crippen LogP contribution is -2.53. The first-order valence-electron chi connectivity index (χ1n) is 9.51. The van der Waals surface area contributed by atoms with E-state index in [1.807, 2.05) is 4.90 Å². The number of piperidine rings is 1. The molecule has 0 spiro atoms. The second-order valence-corrected chi connectivity index (χ2v) is 7.64. The molecule has 1 saturated carbocycles. The molecule has 3 fully saturated rings. The van der Waals surface area contributed by atoms with Crippen molar-refractivity contribution in [3.8, 4) is 0 Å². The maximum atomic E-state index is 12.8. The van der Waals surface area contributed by atoms with Gasteiger partial charge in [0.25, 0.3) is 0 Å². The van der Waals surface area contributed by atoms with Crippen molar-refractivity contribution < 1.29 is 9.59 Å².